The number of pyridine rings is 1. The van der Waals surface area contributed by atoms with Crippen molar-refractivity contribution in [1.82, 2.24) is 29.4 Å². The van der Waals surface area contributed by atoms with Crippen molar-refractivity contribution in [2.24, 2.45) is 7.05 Å². The molecule has 0 bridgehead atoms. The lowest BCUT2D eigenvalue weighted by molar-refractivity contribution is 0.0342. The van der Waals surface area contributed by atoms with Gasteiger partial charge in [0.25, 0.3) is 0 Å². The van der Waals surface area contributed by atoms with E-state index in [1.165, 1.54) is 12.7 Å². The molecule has 1 aliphatic heterocycles. The maximum Gasteiger partial charge on any atom is 0.360 e. The van der Waals surface area contributed by atoms with Crippen molar-refractivity contribution in [1.29, 1.82) is 0 Å². The van der Waals surface area contributed by atoms with Crippen LogP contribution in [0.4, 0.5) is 17.3 Å². The van der Waals surface area contributed by atoms with Crippen molar-refractivity contribution in [2.75, 3.05) is 51.1 Å². The number of aryl methyl sites for hydroxylation is 1. The molecule has 4 heterocycles. The molecular weight excluding hydrogens is 460 g/mol. The van der Waals surface area contributed by atoms with E-state index in [0.717, 1.165) is 44.1 Å². The molecule has 2 N–H and O–H groups in total. The third-order valence-corrected chi connectivity index (χ3v) is 6.13. The molecule has 0 radical (unpaired) electrons. The number of morpholine rings is 1. The van der Waals surface area contributed by atoms with E-state index in [2.05, 4.69) is 42.6 Å². The van der Waals surface area contributed by atoms with Crippen LogP contribution in [0, 0.1) is 0 Å². The molecule has 1 aromatic carbocycles. The number of aromatic nitrogens is 5. The number of ether oxygens (including phenoxy) is 2. The molecule has 36 heavy (non-hydrogen) atoms. The molecule has 0 unspecified atom stereocenters. The Morgan fingerprint density at radius 1 is 1.11 bits per heavy atom. The molecule has 0 saturated carbocycles. The number of hydrogen-bond donors (Lipinski definition) is 2. The fourth-order valence-corrected chi connectivity index (χ4v) is 4.19. The van der Waals surface area contributed by atoms with Gasteiger partial charge in [-0.2, -0.15) is 0 Å². The van der Waals surface area contributed by atoms with Crippen LogP contribution in [-0.4, -0.2) is 75.8 Å². The Morgan fingerprint density at radius 3 is 2.61 bits per heavy atom. The second-order valence-electron chi connectivity index (χ2n) is 8.48. The Bertz CT molecular complexity index is 1380. The maximum absolute atomic E-state index is 12.7. The minimum absolute atomic E-state index is 0.0665. The molecule has 0 atom stereocenters. The van der Waals surface area contributed by atoms with E-state index >= 15 is 0 Å². The van der Waals surface area contributed by atoms with Crippen molar-refractivity contribution in [3.05, 3.63) is 54.2 Å². The summed E-state index contributed by atoms with van der Waals surface area (Å²) in [6.07, 6.45) is 5.11. The van der Waals surface area contributed by atoms with Gasteiger partial charge in [-0.1, -0.05) is 12.1 Å². The van der Waals surface area contributed by atoms with E-state index in [1.54, 1.807) is 25.8 Å². The zero-order valence-electron chi connectivity index (χ0n) is 20.5. The number of nitrogens with zero attached hydrogens (tertiary/aromatic N) is 6. The smallest absolute Gasteiger partial charge is 0.360 e. The Kier molecular flexibility index (Phi) is 6.74. The maximum atomic E-state index is 12.7. The fourth-order valence-electron chi connectivity index (χ4n) is 4.19. The third-order valence-electron chi connectivity index (χ3n) is 6.13. The first-order chi connectivity index (χ1) is 17.6. The highest BCUT2D eigenvalue weighted by molar-refractivity contribution is 5.98. The minimum atomic E-state index is -0.598. The van der Waals surface area contributed by atoms with Crippen LogP contribution in [0.15, 0.2) is 43.0 Å². The van der Waals surface area contributed by atoms with Crippen molar-refractivity contribution >= 4 is 34.3 Å². The predicted octanol–water partition coefficient (Wildman–Crippen LogP) is 2.83. The van der Waals surface area contributed by atoms with Gasteiger partial charge in [-0.25, -0.2) is 19.7 Å². The van der Waals surface area contributed by atoms with Gasteiger partial charge in [-0.15, -0.1) is 0 Å². The fraction of sp³-hybridized carbons (Fsp3) is 0.320. The predicted molar refractivity (Wildman–Crippen MR) is 136 cm³/mol. The SMILES string of the molecule is CNc1nc(Nc2ccc(CN3CCOCC3)cc2)c(C(=O)OC)nc1-c1cncc2c1ncn2C. The van der Waals surface area contributed by atoms with Gasteiger partial charge in [0.2, 0.25) is 0 Å². The van der Waals surface area contributed by atoms with Gasteiger partial charge in [0.1, 0.15) is 11.2 Å². The van der Waals surface area contributed by atoms with Crippen LogP contribution in [0.1, 0.15) is 16.1 Å². The van der Waals surface area contributed by atoms with Gasteiger partial charge < -0.3 is 24.7 Å². The zero-order chi connectivity index (χ0) is 25.1. The average Bonchev–Trinajstić information content (AvgIpc) is 3.30. The standard InChI is InChI=1S/C25H28N8O3/c1-26-23-21(18-12-27-13-19-20(18)28-15-32(19)2)30-22(25(34)35-3)24(31-23)29-17-6-4-16(5-7-17)14-33-8-10-36-11-9-33/h4-7,12-13,15H,8-11,14H2,1-3H3,(H2,26,29,31). The molecule has 11 heteroatoms. The van der Waals surface area contributed by atoms with Crippen molar-refractivity contribution in [3.8, 4) is 11.3 Å². The normalized spacial score (nSPS) is 14.1. The Balaban J connectivity index is 1.48. The number of nitrogens with one attached hydrogen (secondary N) is 2. The molecule has 4 aromatic rings. The van der Waals surface area contributed by atoms with Gasteiger partial charge in [0.05, 0.1) is 43.9 Å². The van der Waals surface area contributed by atoms with Crippen LogP contribution in [0.5, 0.6) is 0 Å². The lowest BCUT2D eigenvalue weighted by Gasteiger charge is -2.26. The minimum Gasteiger partial charge on any atom is -0.464 e. The van der Waals surface area contributed by atoms with E-state index in [4.69, 9.17) is 14.5 Å². The zero-order valence-corrected chi connectivity index (χ0v) is 20.5. The summed E-state index contributed by atoms with van der Waals surface area (Å²) < 4.78 is 12.3. The first-order valence-corrected chi connectivity index (χ1v) is 11.7. The molecule has 0 amide bonds. The number of imidazole rings is 1. The number of benzene rings is 1. The highest BCUT2D eigenvalue weighted by Gasteiger charge is 2.23. The topological polar surface area (TPSA) is 119 Å². The number of carbonyl (C=O) groups is 1. The average molecular weight is 489 g/mol. The molecule has 5 rings (SSSR count). The Morgan fingerprint density at radius 2 is 1.89 bits per heavy atom. The first-order valence-electron chi connectivity index (χ1n) is 11.7. The van der Waals surface area contributed by atoms with Crippen molar-refractivity contribution < 1.29 is 14.3 Å². The quantitative estimate of drug-likeness (QED) is 0.376. The van der Waals surface area contributed by atoms with Crippen LogP contribution >= 0.6 is 0 Å². The van der Waals surface area contributed by atoms with E-state index in [-0.39, 0.29) is 11.5 Å². The number of carbonyl (C=O) groups excluding carboxylic acids is 1. The van der Waals surface area contributed by atoms with E-state index in [0.29, 0.717) is 22.6 Å². The Labute approximate surface area is 208 Å². The summed E-state index contributed by atoms with van der Waals surface area (Å²) in [5.74, 6) is 0.171. The van der Waals surface area contributed by atoms with Gasteiger partial charge in [0, 0.05) is 45.6 Å². The summed E-state index contributed by atoms with van der Waals surface area (Å²) in [4.78, 5) is 33.3. The monoisotopic (exact) mass is 488 g/mol. The van der Waals surface area contributed by atoms with E-state index < -0.39 is 5.97 Å². The van der Waals surface area contributed by atoms with Crippen molar-refractivity contribution in [3.63, 3.8) is 0 Å². The number of fused-ring (bicyclic) bond motifs is 1. The van der Waals surface area contributed by atoms with Gasteiger partial charge in [-0.3, -0.25) is 9.88 Å². The number of rotatable bonds is 7. The molecule has 0 aliphatic carbocycles. The van der Waals surface area contributed by atoms with Gasteiger partial charge >= 0.3 is 5.97 Å². The molecule has 1 aliphatic rings. The first kappa shape index (κ1) is 23.6. The summed E-state index contributed by atoms with van der Waals surface area (Å²) in [5, 5.41) is 6.32. The number of anilines is 3. The largest absolute Gasteiger partial charge is 0.464 e. The third kappa shape index (κ3) is 4.70. The summed E-state index contributed by atoms with van der Waals surface area (Å²) in [5.41, 5.74) is 4.72. The molecule has 1 saturated heterocycles. The second-order valence-corrected chi connectivity index (χ2v) is 8.48. The van der Waals surface area contributed by atoms with Crippen LogP contribution in [0.2, 0.25) is 0 Å². The lowest BCUT2D eigenvalue weighted by Crippen LogP contribution is -2.35. The number of esters is 1. The Hall–Kier alpha value is -4.09. The molecule has 11 nitrogen and oxygen atoms in total. The molecule has 186 valence electrons. The van der Waals surface area contributed by atoms with Gasteiger partial charge in [0.15, 0.2) is 17.3 Å². The van der Waals surface area contributed by atoms with Gasteiger partial charge in [-0.05, 0) is 17.7 Å². The highest BCUT2D eigenvalue weighted by Crippen LogP contribution is 2.32. The molecule has 1 fully saturated rings. The van der Waals surface area contributed by atoms with E-state index in [9.17, 15) is 4.79 Å². The number of hydrogen-bond acceptors (Lipinski definition) is 10. The molecule has 0 spiro atoms. The lowest BCUT2D eigenvalue weighted by atomic mass is 10.1. The number of methoxy groups -OCH3 is 1. The van der Waals surface area contributed by atoms with Crippen LogP contribution < -0.4 is 10.6 Å². The molecule has 3 aromatic heterocycles. The summed E-state index contributed by atoms with van der Waals surface area (Å²) in [7, 11) is 4.97. The summed E-state index contributed by atoms with van der Waals surface area (Å²) >= 11 is 0. The van der Waals surface area contributed by atoms with Crippen LogP contribution in [0.3, 0.4) is 0 Å². The summed E-state index contributed by atoms with van der Waals surface area (Å²) in [6.45, 7) is 4.26. The van der Waals surface area contributed by atoms with Crippen molar-refractivity contribution in [2.45, 2.75) is 6.54 Å². The highest BCUT2D eigenvalue weighted by atomic mass is 16.5. The van der Waals surface area contributed by atoms with E-state index in [1.807, 2.05) is 23.7 Å². The summed E-state index contributed by atoms with van der Waals surface area (Å²) in [6, 6.07) is 8.04. The van der Waals surface area contributed by atoms with Crippen LogP contribution in [0.25, 0.3) is 22.3 Å². The van der Waals surface area contributed by atoms with Crippen LogP contribution in [-0.2, 0) is 23.1 Å². The second kappa shape index (κ2) is 10.3. The molecular formula is C25H28N8O3.